The van der Waals surface area contributed by atoms with Crippen molar-refractivity contribution >= 4 is 105 Å². The Balaban J connectivity index is 0.000000150. The largest absolute Gasteiger partial charge is 0.633 e. The Bertz CT molecular complexity index is 4780. The number of rotatable bonds is 18. The van der Waals surface area contributed by atoms with Gasteiger partial charge < -0.3 is 50.7 Å². The summed E-state index contributed by atoms with van der Waals surface area (Å²) in [7, 11) is 0. The quantitative estimate of drug-likeness (QED) is 0.0292. The molecule has 4 aliphatic rings. The number of quaternary nitrogens is 1. The summed E-state index contributed by atoms with van der Waals surface area (Å²) >= 11 is 18.7. The van der Waals surface area contributed by atoms with Crippen molar-refractivity contribution in [1.82, 2.24) is 75.3 Å². The van der Waals surface area contributed by atoms with E-state index in [1.54, 1.807) is 49.1 Å². The number of nitrogens with one attached hydrogen (secondary N) is 8. The minimum atomic E-state index is -0.409. The predicted molar refractivity (Wildman–Crippen MR) is 404 cm³/mol. The predicted octanol–water partition coefficient (Wildman–Crippen LogP) is 16.7. The molecule has 7 aromatic heterocycles. The Morgan fingerprint density at radius 2 is 0.991 bits per heavy atom. The number of aryl methyl sites for hydroxylation is 8. The fraction of sp³-hybridized carbons (Fsp3) is 0.413. The molecule has 0 unspecified atom stereocenters. The molecule has 1 saturated carbocycles. The smallest absolute Gasteiger partial charge is 0.291 e. The van der Waals surface area contributed by atoms with Crippen molar-refractivity contribution < 1.29 is 31.8 Å². The van der Waals surface area contributed by atoms with E-state index in [0.29, 0.717) is 142 Å². The van der Waals surface area contributed by atoms with E-state index >= 15 is 8.78 Å². The lowest BCUT2D eigenvalue weighted by Crippen LogP contribution is -2.47. The molecule has 8 N–H and O–H groups in total. The van der Waals surface area contributed by atoms with Crippen LogP contribution in [0.4, 0.5) is 71.3 Å². The molecule has 1 amide bonds. The zero-order chi connectivity index (χ0) is 75.1. The third-order valence-electron chi connectivity index (χ3n) is 20.2. The van der Waals surface area contributed by atoms with E-state index in [-0.39, 0.29) is 63.7 Å². The van der Waals surface area contributed by atoms with E-state index in [1.807, 2.05) is 65.8 Å². The molecule has 10 aromatic rings. The number of Topliss-reactive ketones (excluding diaryl/α,β-unsaturated/α-hetero) is 1. The Morgan fingerprint density at radius 1 is 0.557 bits per heavy atom. The molecule has 10 heterocycles. The minimum Gasteiger partial charge on any atom is -0.633 e. The van der Waals surface area contributed by atoms with E-state index in [0.717, 1.165) is 115 Å². The van der Waals surface area contributed by atoms with Gasteiger partial charge in [0.2, 0.25) is 17.7 Å². The Morgan fingerprint density at radius 3 is 1.43 bits per heavy atom. The maximum absolute atomic E-state index is 15.3. The molecule has 4 fully saturated rings. The van der Waals surface area contributed by atoms with Crippen LogP contribution in [-0.4, -0.2) is 143 Å². The molecule has 0 radical (unpaired) electrons. The molecule has 25 nitrogen and oxygen atoms in total. The summed E-state index contributed by atoms with van der Waals surface area (Å²) in [5.41, 5.74) is 10.4. The minimum absolute atomic E-state index is 0.139. The molecule has 3 aromatic carbocycles. The van der Waals surface area contributed by atoms with Crippen molar-refractivity contribution in [3.63, 3.8) is 0 Å². The maximum Gasteiger partial charge on any atom is 0.291 e. The molecular weight excluding hydrogens is 1420 g/mol. The van der Waals surface area contributed by atoms with Crippen LogP contribution in [0.25, 0.3) is 0 Å². The lowest BCUT2D eigenvalue weighted by molar-refractivity contribution is -0.884. The monoisotopic (exact) mass is 1510 g/mol. The standard InChI is InChI=1S/C27H32ClFN6O.C26H28ClFN8O2.C22H27ClFN7O/c1-16-11-19(13-25-30-15-23(28)27(31-25)32-26-12-17(2)33-34-26)24(29)14-22(16)18-7-9-35(10-8-18)20-3-5-21(36)6-4-20;1-13-9-21(31-26-29-12-19(27)24(33-26)32-22-10-14(2)34-35-22)20(28)11-18(13)17-5-7-36(8-6-17)25(37)23-15(3)30-16(4)38-23;1-4-31(32)7-5-15(6-8-31)16-11-18(24)19(9-13(16)2)26-22-25-12-17(23)21(28-22)27-20-10-14(3)29-30-20/h11-12,14-15,18,20H,3-10,13H2,1-2H3,(H2,30,31,32,33,34);9-12,17H,5-8H2,1-4H3,(H3,29,31,32,33,34,35);9-12,15H,4-8H2,1-3H3,(H3,25,26,27,28,29,30). The van der Waals surface area contributed by atoms with E-state index in [2.05, 4.69) is 104 Å². The summed E-state index contributed by atoms with van der Waals surface area (Å²) in [6.45, 7) is 21.9. The average molecular weight is 1510 g/mol. The van der Waals surface area contributed by atoms with Crippen molar-refractivity contribution in [2.75, 3.05) is 72.4 Å². The molecule has 1 aliphatic carbocycles. The number of piperidine rings is 3. The molecule has 0 atom stereocenters. The van der Waals surface area contributed by atoms with Gasteiger partial charge in [-0.3, -0.25) is 24.9 Å². The molecule has 0 spiro atoms. The van der Waals surface area contributed by atoms with Crippen LogP contribution >= 0.6 is 34.8 Å². The number of ketones is 1. The van der Waals surface area contributed by atoms with Crippen molar-refractivity contribution in [1.29, 1.82) is 0 Å². The number of carbonyl (C=O) groups excluding carboxylic acids is 2. The number of H-pyrrole nitrogens is 3. The number of hydrogen-bond donors (Lipinski definition) is 8. The Hall–Kier alpha value is -9.58. The third-order valence-corrected chi connectivity index (χ3v) is 21.1. The molecule has 31 heteroatoms. The highest BCUT2D eigenvalue weighted by Gasteiger charge is 2.33. The van der Waals surface area contributed by atoms with E-state index in [9.17, 15) is 19.2 Å². The number of halogens is 6. The van der Waals surface area contributed by atoms with Crippen molar-refractivity contribution in [3.8, 4) is 0 Å². The lowest BCUT2D eigenvalue weighted by atomic mass is 9.84. The van der Waals surface area contributed by atoms with Crippen LogP contribution in [0.2, 0.25) is 15.1 Å². The first-order valence-corrected chi connectivity index (χ1v) is 36.9. The average Bonchev–Trinajstić information content (AvgIpc) is 1.42. The van der Waals surface area contributed by atoms with Gasteiger partial charge in [-0.2, -0.15) is 25.3 Å². The van der Waals surface area contributed by atoms with Gasteiger partial charge in [0.05, 0.1) is 55.3 Å². The summed E-state index contributed by atoms with van der Waals surface area (Å²) in [6.07, 6.45) is 13.1. The van der Waals surface area contributed by atoms with Crippen molar-refractivity contribution in [3.05, 3.63) is 190 Å². The zero-order valence-corrected chi connectivity index (χ0v) is 62.9. The summed E-state index contributed by atoms with van der Waals surface area (Å²) < 4.78 is 50.8. The second kappa shape index (κ2) is 33.5. The Kier molecular flexibility index (Phi) is 24.0. The van der Waals surface area contributed by atoms with Crippen LogP contribution in [-0.2, 0) is 11.2 Å². The van der Waals surface area contributed by atoms with E-state index in [4.69, 9.17) is 39.2 Å². The number of amides is 1. The number of hydroxylamine groups is 3. The number of likely N-dealkylation sites (tertiary alicyclic amines) is 3. The van der Waals surface area contributed by atoms with E-state index < -0.39 is 5.82 Å². The Labute approximate surface area is 627 Å². The number of hydrogen-bond acceptors (Lipinski definition) is 20. The number of nitrogens with zero attached hydrogens (tertiary/aromatic N) is 13. The number of oxazole rings is 1. The molecule has 106 heavy (non-hydrogen) atoms. The van der Waals surface area contributed by atoms with Crippen LogP contribution in [0.5, 0.6) is 0 Å². The fourth-order valence-electron chi connectivity index (χ4n) is 14.4. The van der Waals surface area contributed by atoms with Crippen LogP contribution in [0, 0.1) is 78.0 Å². The second-order valence-corrected chi connectivity index (χ2v) is 29.2. The highest BCUT2D eigenvalue weighted by Crippen LogP contribution is 2.39. The van der Waals surface area contributed by atoms with Gasteiger partial charge in [0.25, 0.3) is 5.91 Å². The summed E-state index contributed by atoms with van der Waals surface area (Å²) in [5.74, 6) is 4.47. The number of aromatic nitrogens is 13. The van der Waals surface area contributed by atoms with Gasteiger partial charge in [0, 0.05) is 93.4 Å². The van der Waals surface area contributed by atoms with Crippen LogP contribution in [0.15, 0.2) is 77.6 Å². The normalized spacial score (nSPS) is 17.5. The number of anilines is 10. The highest BCUT2D eigenvalue weighted by molar-refractivity contribution is 6.33. The van der Waals surface area contributed by atoms with Crippen molar-refractivity contribution in [2.24, 2.45) is 0 Å². The zero-order valence-electron chi connectivity index (χ0n) is 60.7. The fourth-order valence-corrected chi connectivity index (χ4v) is 14.8. The molecule has 0 bridgehead atoms. The summed E-state index contributed by atoms with van der Waals surface area (Å²) in [6, 6.07) is 16.3. The second-order valence-electron chi connectivity index (χ2n) is 27.9. The van der Waals surface area contributed by atoms with Crippen LogP contribution < -0.4 is 26.6 Å². The molecule has 14 rings (SSSR count). The lowest BCUT2D eigenvalue weighted by Gasteiger charge is -2.47. The first-order chi connectivity index (χ1) is 50.8. The van der Waals surface area contributed by atoms with E-state index in [1.165, 1.54) is 18.6 Å². The number of aromatic amines is 3. The van der Waals surface area contributed by atoms with Gasteiger partial charge in [-0.05, 0) is 194 Å². The van der Waals surface area contributed by atoms with Gasteiger partial charge in [0.1, 0.15) is 44.1 Å². The van der Waals surface area contributed by atoms with Crippen molar-refractivity contribution in [2.45, 2.75) is 157 Å². The van der Waals surface area contributed by atoms with Gasteiger partial charge in [-0.25, -0.2) is 38.1 Å². The van der Waals surface area contributed by atoms with Gasteiger partial charge >= 0.3 is 0 Å². The van der Waals surface area contributed by atoms with Gasteiger partial charge in [-0.15, -0.1) is 0 Å². The summed E-state index contributed by atoms with van der Waals surface area (Å²) in [5, 5.41) is 49.4. The first kappa shape index (κ1) is 76.1. The highest BCUT2D eigenvalue weighted by atomic mass is 35.5. The van der Waals surface area contributed by atoms with Crippen LogP contribution in [0.3, 0.4) is 0 Å². The third kappa shape index (κ3) is 18.8. The van der Waals surface area contributed by atoms with Gasteiger partial charge in [0.15, 0.2) is 40.8 Å². The number of carbonyl (C=O) groups is 2. The number of benzene rings is 3. The molecule has 3 saturated heterocycles. The summed E-state index contributed by atoms with van der Waals surface area (Å²) in [4.78, 5) is 58.8. The molecule has 3 aliphatic heterocycles. The first-order valence-electron chi connectivity index (χ1n) is 35.7. The topological polar surface area (TPSA) is 313 Å². The van der Waals surface area contributed by atoms with Gasteiger partial charge in [-0.1, -0.05) is 40.9 Å². The maximum atomic E-state index is 15.3. The molecule has 558 valence electrons. The molecular formula is C75H87Cl3F3N21O4. The SMILES string of the molecule is CC[N+]1([O-])CCC(c2cc(F)c(Nc3ncc(Cl)c(Nc4cc(C)[nH]n4)n3)cc2C)CC1.Cc1cc(Nc2nc(Cc3cc(C)c(C4CCN(C5CCC(=O)CC5)CC4)cc3F)ncc2Cl)n[nH]1.Cc1cc(Nc2nc(Nc3cc(C)c(C4CCN(C(=O)c5oc(C)nc5C)CC4)cc3F)ncc2Cl)n[nH]1. The van der Waals surface area contributed by atoms with Crippen LogP contribution in [0.1, 0.15) is 173 Å².